The Hall–Kier alpha value is -8.41. The number of nitrogens with zero attached hydrogens (tertiary/aromatic N) is 5. The molecule has 5 heteroatoms. The van der Waals surface area contributed by atoms with Crippen molar-refractivity contribution in [1.82, 2.24) is 24.1 Å². The Labute approximate surface area is 356 Å². The quantitative estimate of drug-likeness (QED) is 0.163. The second-order valence-electron chi connectivity index (χ2n) is 16.0. The molecule has 13 aromatic rings. The first kappa shape index (κ1) is 34.5. The molecule has 0 N–H and O–H groups in total. The fourth-order valence-corrected chi connectivity index (χ4v) is 9.79. The van der Waals surface area contributed by atoms with E-state index < -0.39 is 0 Å². The summed E-state index contributed by atoms with van der Waals surface area (Å²) in [4.78, 5) is 16.0. The maximum atomic E-state index is 5.43. The molecule has 288 valence electrons. The predicted molar refractivity (Wildman–Crippen MR) is 257 cm³/mol. The van der Waals surface area contributed by atoms with Gasteiger partial charge in [-0.05, 0) is 79.8 Å². The van der Waals surface area contributed by atoms with Gasteiger partial charge in [-0.3, -0.25) is 4.57 Å². The molecule has 0 aliphatic carbocycles. The monoisotopic (exact) mass is 789 g/mol. The molecular formula is C57H35N5. The van der Waals surface area contributed by atoms with Gasteiger partial charge in [-0.2, -0.15) is 9.97 Å². The van der Waals surface area contributed by atoms with E-state index in [4.69, 9.17) is 15.0 Å². The molecule has 0 saturated carbocycles. The third-order valence-electron chi connectivity index (χ3n) is 12.5. The summed E-state index contributed by atoms with van der Waals surface area (Å²) in [7, 11) is 0. The van der Waals surface area contributed by atoms with Crippen molar-refractivity contribution in [3.8, 4) is 45.5 Å². The lowest BCUT2D eigenvalue weighted by Crippen LogP contribution is -2.07. The average Bonchev–Trinajstić information content (AvgIpc) is 3.88. The highest BCUT2D eigenvalue weighted by Gasteiger charge is 2.23. The number of hydrogen-bond donors (Lipinski definition) is 0. The molecule has 3 aromatic heterocycles. The lowest BCUT2D eigenvalue weighted by molar-refractivity contribution is 0.953. The van der Waals surface area contributed by atoms with Crippen LogP contribution in [0.3, 0.4) is 0 Å². The van der Waals surface area contributed by atoms with Crippen molar-refractivity contribution in [2.75, 3.05) is 0 Å². The van der Waals surface area contributed by atoms with Gasteiger partial charge in [0.2, 0.25) is 5.95 Å². The summed E-state index contributed by atoms with van der Waals surface area (Å²) in [5, 5.41) is 12.2. The van der Waals surface area contributed by atoms with Gasteiger partial charge in [0.1, 0.15) is 0 Å². The van der Waals surface area contributed by atoms with Gasteiger partial charge in [0, 0.05) is 38.4 Å². The van der Waals surface area contributed by atoms with Crippen LogP contribution in [0.25, 0.3) is 121 Å². The van der Waals surface area contributed by atoms with Crippen LogP contribution in [0.2, 0.25) is 0 Å². The number of aromatic nitrogens is 5. The van der Waals surface area contributed by atoms with E-state index in [1.165, 1.54) is 43.1 Å². The van der Waals surface area contributed by atoms with Gasteiger partial charge >= 0.3 is 0 Å². The molecule has 0 unspecified atom stereocenters. The van der Waals surface area contributed by atoms with Crippen LogP contribution in [0, 0.1) is 0 Å². The summed E-state index contributed by atoms with van der Waals surface area (Å²) < 4.78 is 4.65. The summed E-state index contributed by atoms with van der Waals surface area (Å²) in [6, 6.07) is 75.6. The van der Waals surface area contributed by atoms with Crippen LogP contribution in [-0.2, 0) is 0 Å². The molecule has 0 bridgehead atoms. The van der Waals surface area contributed by atoms with Crippen LogP contribution < -0.4 is 0 Å². The van der Waals surface area contributed by atoms with Crippen molar-refractivity contribution >= 4 is 75.9 Å². The van der Waals surface area contributed by atoms with Crippen LogP contribution >= 0.6 is 0 Å². The van der Waals surface area contributed by atoms with Crippen molar-refractivity contribution in [3.05, 3.63) is 212 Å². The number of fused-ring (bicyclic) bond motifs is 13. The van der Waals surface area contributed by atoms with E-state index in [-0.39, 0.29) is 0 Å². The smallest absolute Gasteiger partial charge is 0.238 e. The van der Waals surface area contributed by atoms with E-state index in [1.807, 2.05) is 18.2 Å². The summed E-state index contributed by atoms with van der Waals surface area (Å²) >= 11 is 0. The molecule has 0 amide bonds. The molecule has 0 aliphatic rings. The lowest BCUT2D eigenvalue weighted by atomic mass is 9.92. The normalized spacial score (nSPS) is 11.9. The highest BCUT2D eigenvalue weighted by atomic mass is 15.2. The first-order valence-corrected chi connectivity index (χ1v) is 21.0. The second kappa shape index (κ2) is 13.6. The molecule has 0 radical (unpaired) electrons. The summed E-state index contributed by atoms with van der Waals surface area (Å²) in [6.45, 7) is 0. The summed E-state index contributed by atoms with van der Waals surface area (Å²) in [5.41, 5.74) is 9.48. The zero-order valence-corrected chi connectivity index (χ0v) is 33.4. The molecule has 0 aliphatic heterocycles. The van der Waals surface area contributed by atoms with E-state index in [0.717, 1.165) is 60.8 Å². The molecule has 5 nitrogen and oxygen atoms in total. The predicted octanol–water partition coefficient (Wildman–Crippen LogP) is 14.5. The fraction of sp³-hybridized carbons (Fsp3) is 0. The maximum Gasteiger partial charge on any atom is 0.238 e. The minimum Gasteiger partial charge on any atom is -0.307 e. The molecule has 0 saturated heterocycles. The standard InChI is InChI=1S/C57H35N5/c1-3-16-36(17-4-1)55-58-56(39-19-15-18-37(34-39)38-30-31-45-43-24-8-7-22-41(43)42-23-9-10-25-44(42)50(45)35-38)60-57(59-55)62-52-29-14-12-27-47(52)49-33-32-48-46-26-11-13-28-51(46)61(53(48)54(49)62)40-20-5-2-6-21-40/h1-35H. The Morgan fingerprint density at radius 3 is 1.34 bits per heavy atom. The van der Waals surface area contributed by atoms with Crippen LogP contribution in [0.1, 0.15) is 0 Å². The summed E-state index contributed by atoms with van der Waals surface area (Å²) in [6.07, 6.45) is 0. The molecule has 0 atom stereocenters. The molecule has 62 heavy (non-hydrogen) atoms. The van der Waals surface area contributed by atoms with Gasteiger partial charge in [0.15, 0.2) is 11.6 Å². The van der Waals surface area contributed by atoms with Crippen molar-refractivity contribution < 1.29 is 0 Å². The van der Waals surface area contributed by atoms with Crippen molar-refractivity contribution in [2.24, 2.45) is 0 Å². The van der Waals surface area contributed by atoms with Crippen molar-refractivity contribution in [2.45, 2.75) is 0 Å². The number of hydrogen-bond acceptors (Lipinski definition) is 3. The molecule has 10 aromatic carbocycles. The van der Waals surface area contributed by atoms with Gasteiger partial charge in [-0.1, -0.05) is 176 Å². The Bertz CT molecular complexity index is 3880. The Kier molecular flexibility index (Phi) is 7.54. The SMILES string of the molecule is c1ccc(-c2nc(-c3cccc(-c4ccc5c6ccccc6c6ccccc6c5c4)c3)nc(-n3c4ccccc4c4ccc5c6ccccc6n(-c6ccccc6)c5c43)n2)cc1. The van der Waals surface area contributed by atoms with Gasteiger partial charge in [-0.15, -0.1) is 0 Å². The minimum absolute atomic E-state index is 0.562. The van der Waals surface area contributed by atoms with Crippen LogP contribution in [0.4, 0.5) is 0 Å². The molecular weight excluding hydrogens is 755 g/mol. The fourth-order valence-electron chi connectivity index (χ4n) is 9.79. The Morgan fingerprint density at radius 2 is 0.694 bits per heavy atom. The first-order chi connectivity index (χ1) is 30.8. The maximum absolute atomic E-state index is 5.43. The van der Waals surface area contributed by atoms with E-state index in [0.29, 0.717) is 17.6 Å². The van der Waals surface area contributed by atoms with Gasteiger partial charge in [0.25, 0.3) is 0 Å². The number of benzene rings is 10. The van der Waals surface area contributed by atoms with Crippen LogP contribution in [-0.4, -0.2) is 24.1 Å². The zero-order chi connectivity index (χ0) is 40.7. The molecule has 0 fully saturated rings. The Balaban J connectivity index is 1.07. The van der Waals surface area contributed by atoms with E-state index in [1.54, 1.807) is 0 Å². The third kappa shape index (κ3) is 5.18. The van der Waals surface area contributed by atoms with Gasteiger partial charge < -0.3 is 4.57 Å². The van der Waals surface area contributed by atoms with Crippen LogP contribution in [0.15, 0.2) is 212 Å². The van der Waals surface area contributed by atoms with E-state index >= 15 is 0 Å². The van der Waals surface area contributed by atoms with Crippen molar-refractivity contribution in [1.29, 1.82) is 0 Å². The minimum atomic E-state index is 0.562. The Morgan fingerprint density at radius 1 is 0.258 bits per heavy atom. The number of rotatable bonds is 5. The largest absolute Gasteiger partial charge is 0.307 e. The van der Waals surface area contributed by atoms with Gasteiger partial charge in [-0.25, -0.2) is 4.98 Å². The number of para-hydroxylation sites is 3. The second-order valence-corrected chi connectivity index (χ2v) is 16.0. The first-order valence-electron chi connectivity index (χ1n) is 21.0. The molecule has 13 rings (SSSR count). The van der Waals surface area contributed by atoms with Crippen LogP contribution in [0.5, 0.6) is 0 Å². The average molecular weight is 790 g/mol. The highest BCUT2D eigenvalue weighted by molar-refractivity contribution is 6.26. The lowest BCUT2D eigenvalue weighted by Gasteiger charge is -2.14. The highest BCUT2D eigenvalue weighted by Crippen LogP contribution is 2.42. The third-order valence-corrected chi connectivity index (χ3v) is 12.5. The van der Waals surface area contributed by atoms with E-state index in [2.05, 4.69) is 203 Å². The zero-order valence-electron chi connectivity index (χ0n) is 33.4. The van der Waals surface area contributed by atoms with Gasteiger partial charge in [0.05, 0.1) is 22.1 Å². The molecule has 0 spiro atoms. The van der Waals surface area contributed by atoms with Crippen molar-refractivity contribution in [3.63, 3.8) is 0 Å². The van der Waals surface area contributed by atoms with E-state index in [9.17, 15) is 0 Å². The molecule has 3 heterocycles. The summed E-state index contributed by atoms with van der Waals surface area (Å²) in [5.74, 6) is 1.78. The topological polar surface area (TPSA) is 48.5 Å².